The SMILES string of the molecule is CC1CN(C(=O)c2ccc3c(c2)NC(=O)CCS3)CCN1. The molecule has 0 aliphatic carbocycles. The van der Waals surface area contributed by atoms with Crippen LogP contribution in [0.2, 0.25) is 0 Å². The van der Waals surface area contributed by atoms with E-state index in [2.05, 4.69) is 17.6 Å². The Morgan fingerprint density at radius 3 is 3.10 bits per heavy atom. The van der Waals surface area contributed by atoms with Gasteiger partial charge in [-0.15, -0.1) is 11.8 Å². The number of nitrogens with zero attached hydrogens (tertiary/aromatic N) is 1. The minimum Gasteiger partial charge on any atom is -0.336 e. The van der Waals surface area contributed by atoms with Crippen molar-refractivity contribution in [1.82, 2.24) is 10.2 Å². The summed E-state index contributed by atoms with van der Waals surface area (Å²) >= 11 is 1.65. The largest absolute Gasteiger partial charge is 0.336 e. The second-order valence-corrected chi connectivity index (χ2v) is 6.60. The number of benzene rings is 1. The lowest BCUT2D eigenvalue weighted by molar-refractivity contribution is -0.115. The molecule has 0 saturated carbocycles. The number of hydrogen-bond acceptors (Lipinski definition) is 4. The zero-order chi connectivity index (χ0) is 14.8. The van der Waals surface area contributed by atoms with Gasteiger partial charge in [0, 0.05) is 48.3 Å². The summed E-state index contributed by atoms with van der Waals surface area (Å²) < 4.78 is 0. The van der Waals surface area contributed by atoms with Crippen molar-refractivity contribution in [2.45, 2.75) is 24.3 Å². The highest BCUT2D eigenvalue weighted by Crippen LogP contribution is 2.31. The van der Waals surface area contributed by atoms with Gasteiger partial charge in [0.25, 0.3) is 5.91 Å². The quantitative estimate of drug-likeness (QED) is 0.826. The fourth-order valence-electron chi connectivity index (χ4n) is 2.65. The van der Waals surface area contributed by atoms with Gasteiger partial charge in [-0.2, -0.15) is 0 Å². The van der Waals surface area contributed by atoms with Crippen molar-refractivity contribution in [3.8, 4) is 0 Å². The van der Waals surface area contributed by atoms with Crippen molar-refractivity contribution >= 4 is 29.3 Å². The highest BCUT2D eigenvalue weighted by molar-refractivity contribution is 7.99. The van der Waals surface area contributed by atoms with Crippen LogP contribution in [0.5, 0.6) is 0 Å². The first-order chi connectivity index (χ1) is 10.1. The van der Waals surface area contributed by atoms with Gasteiger partial charge in [-0.1, -0.05) is 0 Å². The summed E-state index contributed by atoms with van der Waals surface area (Å²) in [5, 5.41) is 6.21. The fraction of sp³-hybridized carbons (Fsp3) is 0.467. The van der Waals surface area contributed by atoms with Gasteiger partial charge in [-0.25, -0.2) is 0 Å². The number of amides is 2. The monoisotopic (exact) mass is 305 g/mol. The molecule has 2 amide bonds. The molecular formula is C15H19N3O2S. The molecular weight excluding hydrogens is 286 g/mol. The third kappa shape index (κ3) is 3.22. The second kappa shape index (κ2) is 6.07. The average molecular weight is 305 g/mol. The van der Waals surface area contributed by atoms with Crippen LogP contribution in [-0.4, -0.2) is 48.1 Å². The molecule has 1 saturated heterocycles. The Balaban J connectivity index is 1.82. The molecule has 2 N–H and O–H groups in total. The van der Waals surface area contributed by atoms with Crippen LogP contribution in [0.25, 0.3) is 0 Å². The van der Waals surface area contributed by atoms with E-state index in [-0.39, 0.29) is 11.8 Å². The molecule has 2 aliphatic heterocycles. The summed E-state index contributed by atoms with van der Waals surface area (Å²) in [5.74, 6) is 0.831. The van der Waals surface area contributed by atoms with Crippen LogP contribution < -0.4 is 10.6 Å². The van der Waals surface area contributed by atoms with Gasteiger partial charge in [-0.05, 0) is 25.1 Å². The Bertz CT molecular complexity index is 576. The summed E-state index contributed by atoms with van der Waals surface area (Å²) in [4.78, 5) is 27.1. The van der Waals surface area contributed by atoms with Crippen LogP contribution >= 0.6 is 11.8 Å². The standard InChI is InChI=1S/C15H19N3O2S/c1-10-9-18(6-5-16-10)15(20)11-2-3-13-12(8-11)17-14(19)4-7-21-13/h2-3,8,10,16H,4-7,9H2,1H3,(H,17,19). The van der Waals surface area contributed by atoms with Crippen molar-refractivity contribution in [2.75, 3.05) is 30.7 Å². The Morgan fingerprint density at radius 2 is 2.29 bits per heavy atom. The van der Waals surface area contributed by atoms with E-state index < -0.39 is 0 Å². The molecule has 1 aromatic carbocycles. The van der Waals surface area contributed by atoms with Gasteiger partial charge >= 0.3 is 0 Å². The van der Waals surface area contributed by atoms with Gasteiger partial charge in [0.1, 0.15) is 0 Å². The van der Waals surface area contributed by atoms with Crippen molar-refractivity contribution < 1.29 is 9.59 Å². The van der Waals surface area contributed by atoms with E-state index in [9.17, 15) is 9.59 Å². The number of rotatable bonds is 1. The number of carbonyl (C=O) groups excluding carboxylic acids is 2. The van der Waals surface area contributed by atoms with Gasteiger partial charge < -0.3 is 15.5 Å². The molecule has 2 heterocycles. The van der Waals surface area contributed by atoms with Crippen molar-refractivity contribution in [1.29, 1.82) is 0 Å². The zero-order valence-corrected chi connectivity index (χ0v) is 12.8. The average Bonchev–Trinajstić information content (AvgIpc) is 2.66. The molecule has 1 fully saturated rings. The smallest absolute Gasteiger partial charge is 0.254 e. The summed E-state index contributed by atoms with van der Waals surface area (Å²) in [5.41, 5.74) is 1.40. The van der Waals surface area contributed by atoms with Gasteiger partial charge in [0.15, 0.2) is 0 Å². The summed E-state index contributed by atoms with van der Waals surface area (Å²) in [6.45, 7) is 4.34. The molecule has 112 valence electrons. The third-order valence-electron chi connectivity index (χ3n) is 3.74. The maximum atomic E-state index is 12.6. The molecule has 0 aromatic heterocycles. The number of carbonyl (C=O) groups is 2. The molecule has 2 aliphatic rings. The summed E-state index contributed by atoms with van der Waals surface area (Å²) in [6.07, 6.45) is 0.512. The van der Waals surface area contributed by atoms with Crippen molar-refractivity contribution in [3.05, 3.63) is 23.8 Å². The highest BCUT2D eigenvalue weighted by atomic mass is 32.2. The highest BCUT2D eigenvalue weighted by Gasteiger charge is 2.23. The molecule has 0 spiro atoms. The van der Waals surface area contributed by atoms with E-state index in [1.165, 1.54) is 0 Å². The zero-order valence-electron chi connectivity index (χ0n) is 12.0. The number of piperazine rings is 1. The van der Waals surface area contributed by atoms with E-state index in [1.807, 2.05) is 17.0 Å². The first-order valence-electron chi connectivity index (χ1n) is 7.23. The maximum absolute atomic E-state index is 12.6. The van der Waals surface area contributed by atoms with Gasteiger partial charge in [-0.3, -0.25) is 9.59 Å². The van der Waals surface area contributed by atoms with Crippen LogP contribution in [0.4, 0.5) is 5.69 Å². The molecule has 1 unspecified atom stereocenters. The Kier molecular flexibility index (Phi) is 4.17. The molecule has 21 heavy (non-hydrogen) atoms. The number of nitrogens with one attached hydrogen (secondary N) is 2. The third-order valence-corrected chi connectivity index (χ3v) is 4.82. The Hall–Kier alpha value is -1.53. The Labute approximate surface area is 128 Å². The summed E-state index contributed by atoms with van der Waals surface area (Å²) in [7, 11) is 0. The molecule has 3 rings (SSSR count). The van der Waals surface area contributed by atoms with Gasteiger partial charge in [0.05, 0.1) is 5.69 Å². The second-order valence-electron chi connectivity index (χ2n) is 5.46. The van der Waals surface area contributed by atoms with E-state index in [1.54, 1.807) is 17.8 Å². The van der Waals surface area contributed by atoms with E-state index >= 15 is 0 Å². The molecule has 1 aromatic rings. The predicted octanol–water partition coefficient (Wildman–Crippen LogP) is 1.55. The van der Waals surface area contributed by atoms with E-state index in [0.29, 0.717) is 18.0 Å². The molecule has 0 radical (unpaired) electrons. The minimum absolute atomic E-state index is 0.0154. The van der Waals surface area contributed by atoms with Crippen molar-refractivity contribution in [2.24, 2.45) is 0 Å². The van der Waals surface area contributed by atoms with Crippen LogP contribution in [0.3, 0.4) is 0 Å². The number of anilines is 1. The molecule has 6 heteroatoms. The lowest BCUT2D eigenvalue weighted by Gasteiger charge is -2.32. The lowest BCUT2D eigenvalue weighted by Crippen LogP contribution is -2.51. The topological polar surface area (TPSA) is 61.4 Å². The molecule has 1 atom stereocenters. The minimum atomic E-state index is 0.0154. The van der Waals surface area contributed by atoms with Crippen molar-refractivity contribution in [3.63, 3.8) is 0 Å². The van der Waals surface area contributed by atoms with Gasteiger partial charge in [0.2, 0.25) is 5.91 Å². The maximum Gasteiger partial charge on any atom is 0.254 e. The van der Waals surface area contributed by atoms with E-state index in [4.69, 9.17) is 0 Å². The lowest BCUT2D eigenvalue weighted by atomic mass is 10.1. The fourth-order valence-corrected chi connectivity index (χ4v) is 3.59. The summed E-state index contributed by atoms with van der Waals surface area (Å²) in [6, 6.07) is 5.92. The Morgan fingerprint density at radius 1 is 1.43 bits per heavy atom. The predicted molar refractivity (Wildman–Crippen MR) is 83.8 cm³/mol. The normalized spacial score (nSPS) is 22.2. The van der Waals surface area contributed by atoms with E-state index in [0.717, 1.165) is 36.0 Å². The first-order valence-corrected chi connectivity index (χ1v) is 8.21. The van der Waals surface area contributed by atoms with Crippen LogP contribution in [0.1, 0.15) is 23.7 Å². The number of hydrogen-bond donors (Lipinski definition) is 2. The molecule has 0 bridgehead atoms. The first kappa shape index (κ1) is 14.4. The van der Waals surface area contributed by atoms with Crippen LogP contribution in [0, 0.1) is 0 Å². The molecule has 5 nitrogen and oxygen atoms in total. The van der Waals surface area contributed by atoms with Crippen LogP contribution in [-0.2, 0) is 4.79 Å². The number of thioether (sulfide) groups is 1. The number of fused-ring (bicyclic) bond motifs is 1. The van der Waals surface area contributed by atoms with Crippen LogP contribution in [0.15, 0.2) is 23.1 Å².